The summed E-state index contributed by atoms with van der Waals surface area (Å²) in [7, 11) is 0. The van der Waals surface area contributed by atoms with Gasteiger partial charge in [0.25, 0.3) is 0 Å². The number of ketones is 1. The fourth-order valence-electron chi connectivity index (χ4n) is 2.82. The minimum atomic E-state index is -0.0328. The zero-order chi connectivity index (χ0) is 19.6. The van der Waals surface area contributed by atoms with Crippen molar-refractivity contribution in [3.05, 3.63) is 65.2 Å². The highest BCUT2D eigenvalue weighted by molar-refractivity contribution is 5.95. The second-order valence-corrected chi connectivity index (χ2v) is 8.17. The van der Waals surface area contributed by atoms with Gasteiger partial charge < -0.3 is 0 Å². The van der Waals surface area contributed by atoms with E-state index in [2.05, 4.69) is 62.2 Å². The smallest absolute Gasteiger partial charge is 0.204 e. The Hall–Kier alpha value is -2.82. The lowest BCUT2D eigenvalue weighted by Crippen LogP contribution is -2.14. The van der Waals surface area contributed by atoms with Gasteiger partial charge in [-0.2, -0.15) is 4.80 Å². The summed E-state index contributed by atoms with van der Waals surface area (Å²) >= 11 is 0. The second kappa shape index (κ2) is 7.43. The van der Waals surface area contributed by atoms with Gasteiger partial charge in [0.2, 0.25) is 5.82 Å². The van der Waals surface area contributed by atoms with Crippen molar-refractivity contribution in [3.63, 3.8) is 0 Å². The van der Waals surface area contributed by atoms with Gasteiger partial charge in [0, 0.05) is 11.1 Å². The average molecular weight is 362 g/mol. The molecule has 3 aromatic rings. The Balaban J connectivity index is 1.70. The Morgan fingerprint density at radius 2 is 1.63 bits per heavy atom. The summed E-state index contributed by atoms with van der Waals surface area (Å²) in [6, 6.07) is 15.9. The fourth-order valence-corrected chi connectivity index (χ4v) is 2.82. The van der Waals surface area contributed by atoms with Crippen LogP contribution in [-0.2, 0) is 12.0 Å². The molecule has 0 bridgehead atoms. The van der Waals surface area contributed by atoms with Crippen LogP contribution >= 0.6 is 0 Å². The Morgan fingerprint density at radius 1 is 1.00 bits per heavy atom. The Morgan fingerprint density at radius 3 is 2.19 bits per heavy atom. The molecule has 0 saturated carbocycles. The molecule has 5 heteroatoms. The lowest BCUT2D eigenvalue weighted by molar-refractivity contribution is 0.0961. The van der Waals surface area contributed by atoms with Gasteiger partial charge in [-0.1, -0.05) is 83.1 Å². The molecule has 2 aromatic carbocycles. The first-order valence-corrected chi connectivity index (χ1v) is 9.26. The third-order valence-electron chi connectivity index (χ3n) is 4.65. The van der Waals surface area contributed by atoms with Gasteiger partial charge in [-0.25, -0.2) is 0 Å². The number of carbonyl (C=O) groups excluding carboxylic acids is 1. The van der Waals surface area contributed by atoms with E-state index in [1.807, 2.05) is 36.4 Å². The largest absolute Gasteiger partial charge is 0.292 e. The normalized spacial score (nSPS) is 11.8. The first-order chi connectivity index (χ1) is 12.7. The molecule has 0 amide bonds. The predicted octanol–water partition coefficient (Wildman–Crippen LogP) is 4.64. The molecule has 5 nitrogen and oxygen atoms in total. The molecule has 0 radical (unpaired) electrons. The van der Waals surface area contributed by atoms with Crippen molar-refractivity contribution in [1.29, 1.82) is 0 Å². The van der Waals surface area contributed by atoms with E-state index in [1.54, 1.807) is 0 Å². The van der Waals surface area contributed by atoms with Crippen LogP contribution in [0.5, 0.6) is 0 Å². The minimum Gasteiger partial charge on any atom is -0.292 e. The van der Waals surface area contributed by atoms with Crippen LogP contribution in [-0.4, -0.2) is 26.0 Å². The molecule has 27 heavy (non-hydrogen) atoms. The summed E-state index contributed by atoms with van der Waals surface area (Å²) < 4.78 is 0. The van der Waals surface area contributed by atoms with E-state index in [4.69, 9.17) is 0 Å². The molecule has 1 heterocycles. The third-order valence-corrected chi connectivity index (χ3v) is 4.65. The molecule has 0 aliphatic rings. The third kappa shape index (κ3) is 4.48. The number of rotatable bonds is 5. The number of tetrazole rings is 1. The highest BCUT2D eigenvalue weighted by Gasteiger charge is 2.15. The number of nitrogens with zero attached hydrogens (tertiary/aromatic N) is 4. The van der Waals surface area contributed by atoms with Crippen LogP contribution in [0.2, 0.25) is 0 Å². The summed E-state index contributed by atoms with van der Waals surface area (Å²) in [5, 5.41) is 12.5. The maximum absolute atomic E-state index is 12.5. The highest BCUT2D eigenvalue weighted by Crippen LogP contribution is 2.22. The predicted molar refractivity (Wildman–Crippen MR) is 107 cm³/mol. The molecule has 3 rings (SSSR count). The molecule has 1 aromatic heterocycles. The van der Waals surface area contributed by atoms with Crippen molar-refractivity contribution in [2.24, 2.45) is 0 Å². The zero-order valence-corrected chi connectivity index (χ0v) is 16.6. The summed E-state index contributed by atoms with van der Waals surface area (Å²) in [5.41, 5.74) is 4.08. The van der Waals surface area contributed by atoms with E-state index in [-0.39, 0.29) is 17.7 Å². The van der Waals surface area contributed by atoms with Gasteiger partial charge in [-0.3, -0.25) is 4.79 Å². The van der Waals surface area contributed by atoms with Gasteiger partial charge in [-0.05, 0) is 27.7 Å². The molecule has 0 atom stereocenters. The van der Waals surface area contributed by atoms with Crippen molar-refractivity contribution >= 4 is 5.78 Å². The van der Waals surface area contributed by atoms with E-state index >= 15 is 0 Å². The lowest BCUT2D eigenvalue weighted by Gasteiger charge is -2.18. The first kappa shape index (κ1) is 19.0. The van der Waals surface area contributed by atoms with Crippen LogP contribution in [0.25, 0.3) is 11.4 Å². The number of aromatic nitrogens is 4. The van der Waals surface area contributed by atoms with Crippen molar-refractivity contribution < 1.29 is 4.79 Å². The van der Waals surface area contributed by atoms with E-state index < -0.39 is 0 Å². The van der Waals surface area contributed by atoms with E-state index in [0.717, 1.165) is 5.56 Å². The van der Waals surface area contributed by atoms with E-state index in [1.165, 1.54) is 15.9 Å². The first-order valence-electron chi connectivity index (χ1n) is 9.26. The van der Waals surface area contributed by atoms with Crippen molar-refractivity contribution in [1.82, 2.24) is 20.2 Å². The second-order valence-electron chi connectivity index (χ2n) is 8.17. The Bertz CT molecular complexity index is 916. The van der Waals surface area contributed by atoms with Gasteiger partial charge >= 0.3 is 0 Å². The lowest BCUT2D eigenvalue weighted by atomic mass is 9.86. The SMILES string of the molecule is CC(C)c1ccc(-c2nnn(CC(=O)c3ccc(C(C)(C)C)cc3)n2)cc1. The zero-order valence-electron chi connectivity index (χ0n) is 16.6. The van der Waals surface area contributed by atoms with Gasteiger partial charge in [0.15, 0.2) is 5.78 Å². The summed E-state index contributed by atoms with van der Waals surface area (Å²) in [6.07, 6.45) is 0. The quantitative estimate of drug-likeness (QED) is 0.620. The van der Waals surface area contributed by atoms with Crippen molar-refractivity contribution in [2.75, 3.05) is 0 Å². The van der Waals surface area contributed by atoms with Gasteiger partial charge in [0.05, 0.1) is 0 Å². The number of hydrogen-bond donors (Lipinski definition) is 0. The fraction of sp³-hybridized carbons (Fsp3) is 0.364. The van der Waals surface area contributed by atoms with Crippen LogP contribution in [0, 0.1) is 0 Å². The van der Waals surface area contributed by atoms with Gasteiger partial charge in [-0.15, -0.1) is 10.2 Å². The van der Waals surface area contributed by atoms with E-state index in [0.29, 0.717) is 17.3 Å². The maximum atomic E-state index is 12.5. The Kier molecular flexibility index (Phi) is 5.22. The maximum Gasteiger partial charge on any atom is 0.204 e. The van der Waals surface area contributed by atoms with E-state index in [9.17, 15) is 4.79 Å². The van der Waals surface area contributed by atoms with Gasteiger partial charge in [0.1, 0.15) is 6.54 Å². The standard InChI is InChI=1S/C22H26N4O/c1-15(2)16-6-8-18(9-7-16)21-23-25-26(24-21)14-20(27)17-10-12-19(13-11-17)22(3,4)5/h6-13,15H,14H2,1-5H3. The molecule has 140 valence electrons. The minimum absolute atomic E-state index is 0.0328. The highest BCUT2D eigenvalue weighted by atomic mass is 16.1. The molecule has 0 aliphatic carbocycles. The van der Waals surface area contributed by atoms with Crippen LogP contribution in [0.1, 0.15) is 62.0 Å². The summed E-state index contributed by atoms with van der Waals surface area (Å²) in [4.78, 5) is 13.9. The number of hydrogen-bond acceptors (Lipinski definition) is 4. The summed E-state index contributed by atoms with van der Waals surface area (Å²) in [5.74, 6) is 0.973. The summed E-state index contributed by atoms with van der Waals surface area (Å²) in [6.45, 7) is 10.8. The Labute approximate surface area is 160 Å². The molecule has 0 N–H and O–H groups in total. The van der Waals surface area contributed by atoms with Crippen LogP contribution < -0.4 is 0 Å². The number of Topliss-reactive ketones (excluding diaryl/α,β-unsaturated/α-hetero) is 1. The molecule has 0 spiro atoms. The molecular weight excluding hydrogens is 336 g/mol. The van der Waals surface area contributed by atoms with Crippen molar-refractivity contribution in [2.45, 2.75) is 52.5 Å². The number of carbonyl (C=O) groups is 1. The van der Waals surface area contributed by atoms with Crippen molar-refractivity contribution in [3.8, 4) is 11.4 Å². The van der Waals surface area contributed by atoms with Crippen LogP contribution in [0.3, 0.4) is 0 Å². The number of benzene rings is 2. The topological polar surface area (TPSA) is 60.7 Å². The average Bonchev–Trinajstić information content (AvgIpc) is 3.09. The molecule has 0 saturated heterocycles. The molecule has 0 fully saturated rings. The molecular formula is C22H26N4O. The molecule has 0 unspecified atom stereocenters. The monoisotopic (exact) mass is 362 g/mol. The molecule has 0 aliphatic heterocycles. The van der Waals surface area contributed by atoms with Crippen LogP contribution in [0.15, 0.2) is 48.5 Å². The van der Waals surface area contributed by atoms with Crippen LogP contribution in [0.4, 0.5) is 0 Å².